The van der Waals surface area contributed by atoms with Gasteiger partial charge in [0.05, 0.1) is 19.3 Å². The third kappa shape index (κ3) is 2.41. The molecule has 1 N–H and O–H groups in total. The van der Waals surface area contributed by atoms with E-state index in [-0.39, 0.29) is 13.2 Å². The molecule has 18 heavy (non-hydrogen) atoms. The number of carbonyl (C=O) groups excluding carboxylic acids is 1. The summed E-state index contributed by atoms with van der Waals surface area (Å²) >= 11 is 0. The van der Waals surface area contributed by atoms with E-state index in [1.807, 2.05) is 6.07 Å². The number of nitrogens with zero attached hydrogens (tertiary/aromatic N) is 1. The quantitative estimate of drug-likeness (QED) is 0.827. The number of benzene rings is 1. The molecule has 0 aliphatic rings. The van der Waals surface area contributed by atoms with Crippen LogP contribution in [0.3, 0.4) is 0 Å². The Kier molecular flexibility index (Phi) is 3.74. The first-order valence-electron chi connectivity index (χ1n) is 5.47. The van der Waals surface area contributed by atoms with Gasteiger partial charge in [0.15, 0.2) is 0 Å². The van der Waals surface area contributed by atoms with Crippen molar-refractivity contribution < 1.29 is 19.4 Å². The molecule has 0 radical (unpaired) electrons. The molecule has 2 aromatic rings. The third-order valence-electron chi connectivity index (χ3n) is 2.44. The SMILES string of the molecule is COC(=O)c1cc(OCCO)c2ncccc2c1. The monoisotopic (exact) mass is 247 g/mol. The summed E-state index contributed by atoms with van der Waals surface area (Å²) in [5, 5.41) is 9.57. The summed E-state index contributed by atoms with van der Waals surface area (Å²) in [4.78, 5) is 15.7. The second kappa shape index (κ2) is 5.46. The molecule has 0 saturated carbocycles. The molecule has 0 bridgehead atoms. The van der Waals surface area contributed by atoms with Crippen LogP contribution in [0.25, 0.3) is 10.9 Å². The zero-order valence-electron chi connectivity index (χ0n) is 9.92. The third-order valence-corrected chi connectivity index (χ3v) is 2.44. The molecule has 1 aromatic heterocycles. The van der Waals surface area contributed by atoms with Gasteiger partial charge in [0.1, 0.15) is 17.9 Å². The Morgan fingerprint density at radius 1 is 1.44 bits per heavy atom. The summed E-state index contributed by atoms with van der Waals surface area (Å²) in [5.74, 6) is 0.0251. The number of methoxy groups -OCH3 is 1. The van der Waals surface area contributed by atoms with Crippen molar-refractivity contribution in [2.24, 2.45) is 0 Å². The van der Waals surface area contributed by atoms with Gasteiger partial charge in [0, 0.05) is 11.6 Å². The Balaban J connectivity index is 2.53. The molecule has 0 spiro atoms. The maximum Gasteiger partial charge on any atom is 0.338 e. The summed E-state index contributed by atoms with van der Waals surface area (Å²) < 4.78 is 10.1. The summed E-state index contributed by atoms with van der Waals surface area (Å²) in [6.07, 6.45) is 1.64. The van der Waals surface area contributed by atoms with Gasteiger partial charge in [-0.2, -0.15) is 0 Å². The number of carbonyl (C=O) groups is 1. The summed E-state index contributed by atoms with van der Waals surface area (Å²) in [7, 11) is 1.32. The molecule has 0 atom stereocenters. The van der Waals surface area contributed by atoms with Crippen molar-refractivity contribution in [2.75, 3.05) is 20.3 Å². The summed E-state index contributed by atoms with van der Waals surface area (Å²) in [6, 6.07) is 6.87. The van der Waals surface area contributed by atoms with Gasteiger partial charge in [-0.15, -0.1) is 0 Å². The first kappa shape index (κ1) is 12.3. The Labute approximate surface area is 104 Å². The van der Waals surface area contributed by atoms with Gasteiger partial charge >= 0.3 is 5.97 Å². The molecule has 0 aliphatic heterocycles. The Bertz CT molecular complexity index is 568. The van der Waals surface area contributed by atoms with Crippen LogP contribution in [0.1, 0.15) is 10.4 Å². The van der Waals surface area contributed by atoms with Crippen molar-refractivity contribution >= 4 is 16.9 Å². The van der Waals surface area contributed by atoms with E-state index in [1.165, 1.54) is 7.11 Å². The minimum Gasteiger partial charge on any atom is -0.489 e. The van der Waals surface area contributed by atoms with Gasteiger partial charge in [0.2, 0.25) is 0 Å². The average molecular weight is 247 g/mol. The van der Waals surface area contributed by atoms with E-state index >= 15 is 0 Å². The van der Waals surface area contributed by atoms with Crippen LogP contribution in [0, 0.1) is 0 Å². The fraction of sp³-hybridized carbons (Fsp3) is 0.231. The number of aliphatic hydroxyl groups is 1. The van der Waals surface area contributed by atoms with Gasteiger partial charge in [0.25, 0.3) is 0 Å². The molecule has 0 amide bonds. The highest BCUT2D eigenvalue weighted by Gasteiger charge is 2.11. The normalized spacial score (nSPS) is 10.3. The van der Waals surface area contributed by atoms with Gasteiger partial charge in [-0.25, -0.2) is 4.79 Å². The molecule has 0 saturated heterocycles. The molecule has 94 valence electrons. The highest BCUT2D eigenvalue weighted by molar-refractivity contribution is 5.96. The molecule has 2 rings (SSSR count). The van der Waals surface area contributed by atoms with Crippen molar-refractivity contribution in [3.8, 4) is 5.75 Å². The highest BCUT2D eigenvalue weighted by atomic mass is 16.5. The van der Waals surface area contributed by atoms with Crippen molar-refractivity contribution in [1.82, 2.24) is 4.98 Å². The fourth-order valence-electron chi connectivity index (χ4n) is 1.66. The molecule has 5 heteroatoms. The number of esters is 1. The average Bonchev–Trinajstić information content (AvgIpc) is 2.43. The zero-order chi connectivity index (χ0) is 13.0. The number of fused-ring (bicyclic) bond motifs is 1. The Hall–Kier alpha value is -2.14. The Morgan fingerprint density at radius 3 is 3.00 bits per heavy atom. The lowest BCUT2D eigenvalue weighted by atomic mass is 10.1. The van der Waals surface area contributed by atoms with Crippen LogP contribution in [-0.4, -0.2) is 36.4 Å². The fourth-order valence-corrected chi connectivity index (χ4v) is 1.66. The van der Waals surface area contributed by atoms with E-state index in [9.17, 15) is 4.79 Å². The number of aromatic nitrogens is 1. The van der Waals surface area contributed by atoms with E-state index in [0.29, 0.717) is 16.8 Å². The lowest BCUT2D eigenvalue weighted by Gasteiger charge is -2.09. The van der Waals surface area contributed by atoms with Crippen molar-refractivity contribution in [2.45, 2.75) is 0 Å². The lowest BCUT2D eigenvalue weighted by molar-refractivity contribution is 0.0600. The van der Waals surface area contributed by atoms with E-state index in [0.717, 1.165) is 5.39 Å². The minimum absolute atomic E-state index is 0.100. The van der Waals surface area contributed by atoms with Gasteiger partial charge in [-0.1, -0.05) is 6.07 Å². The standard InChI is InChI=1S/C13H13NO4/c1-17-13(16)10-7-9-3-2-4-14-12(9)11(8-10)18-6-5-15/h2-4,7-8,15H,5-6H2,1H3. The molecule has 1 heterocycles. The van der Waals surface area contributed by atoms with E-state index < -0.39 is 5.97 Å². The van der Waals surface area contributed by atoms with Crippen LogP contribution in [0.2, 0.25) is 0 Å². The minimum atomic E-state index is -0.436. The molecule has 0 aliphatic carbocycles. The largest absolute Gasteiger partial charge is 0.489 e. The highest BCUT2D eigenvalue weighted by Crippen LogP contribution is 2.26. The number of aliphatic hydroxyl groups excluding tert-OH is 1. The maximum atomic E-state index is 11.5. The van der Waals surface area contributed by atoms with Crippen molar-refractivity contribution in [3.05, 3.63) is 36.0 Å². The van der Waals surface area contributed by atoms with E-state index in [1.54, 1.807) is 24.4 Å². The van der Waals surface area contributed by atoms with Crippen molar-refractivity contribution in [3.63, 3.8) is 0 Å². The van der Waals surface area contributed by atoms with Crippen LogP contribution < -0.4 is 4.74 Å². The van der Waals surface area contributed by atoms with Gasteiger partial charge in [-0.3, -0.25) is 4.98 Å². The van der Waals surface area contributed by atoms with E-state index in [2.05, 4.69) is 9.72 Å². The van der Waals surface area contributed by atoms with E-state index in [4.69, 9.17) is 9.84 Å². The predicted octanol–water partition coefficient (Wildman–Crippen LogP) is 1.39. The van der Waals surface area contributed by atoms with Crippen LogP contribution >= 0.6 is 0 Å². The first-order valence-corrected chi connectivity index (χ1v) is 5.47. The lowest BCUT2D eigenvalue weighted by Crippen LogP contribution is -2.06. The van der Waals surface area contributed by atoms with Crippen molar-refractivity contribution in [1.29, 1.82) is 0 Å². The van der Waals surface area contributed by atoms with Gasteiger partial charge < -0.3 is 14.6 Å². The topological polar surface area (TPSA) is 68.7 Å². The summed E-state index contributed by atoms with van der Waals surface area (Å²) in [6.45, 7) is 0.0487. The first-order chi connectivity index (χ1) is 8.76. The zero-order valence-corrected chi connectivity index (χ0v) is 9.92. The predicted molar refractivity (Wildman–Crippen MR) is 65.7 cm³/mol. The number of ether oxygens (including phenoxy) is 2. The molecule has 5 nitrogen and oxygen atoms in total. The van der Waals surface area contributed by atoms with Crippen LogP contribution in [-0.2, 0) is 4.74 Å². The smallest absolute Gasteiger partial charge is 0.338 e. The second-order valence-electron chi connectivity index (χ2n) is 3.61. The number of hydrogen-bond donors (Lipinski definition) is 1. The van der Waals surface area contributed by atoms with Gasteiger partial charge in [-0.05, 0) is 18.2 Å². The maximum absolute atomic E-state index is 11.5. The molecule has 0 fully saturated rings. The summed E-state index contributed by atoms with van der Waals surface area (Å²) in [5.41, 5.74) is 1.05. The molecule has 1 aromatic carbocycles. The molecular formula is C13H13NO4. The number of rotatable bonds is 4. The number of hydrogen-bond acceptors (Lipinski definition) is 5. The second-order valence-corrected chi connectivity index (χ2v) is 3.61. The van der Waals surface area contributed by atoms with Crippen LogP contribution in [0.15, 0.2) is 30.5 Å². The molecule has 0 unspecified atom stereocenters. The van der Waals surface area contributed by atoms with Crippen LogP contribution in [0.4, 0.5) is 0 Å². The van der Waals surface area contributed by atoms with Crippen LogP contribution in [0.5, 0.6) is 5.75 Å². The Morgan fingerprint density at radius 2 is 2.28 bits per heavy atom. The number of pyridine rings is 1. The molecular weight excluding hydrogens is 234 g/mol.